The zero-order valence-corrected chi connectivity index (χ0v) is 13.0. The van der Waals surface area contributed by atoms with Crippen LogP contribution >= 0.6 is 0 Å². The van der Waals surface area contributed by atoms with Gasteiger partial charge in [0.05, 0.1) is 11.7 Å². The second-order valence-electron chi connectivity index (χ2n) is 5.08. The van der Waals surface area contributed by atoms with E-state index in [9.17, 15) is 19.5 Å². The molecule has 1 aromatic heterocycles. The quantitative estimate of drug-likeness (QED) is 0.676. The summed E-state index contributed by atoms with van der Waals surface area (Å²) in [6, 6.07) is 7.69. The molecule has 1 aromatic carbocycles. The van der Waals surface area contributed by atoms with E-state index in [1.54, 1.807) is 44.2 Å². The molecule has 120 valence electrons. The largest absolute Gasteiger partial charge is 0.494 e. The van der Waals surface area contributed by atoms with Crippen molar-refractivity contribution in [2.45, 2.75) is 26.3 Å². The molecule has 0 radical (unpaired) electrons. The topological polar surface area (TPSA) is 81.3 Å². The van der Waals surface area contributed by atoms with Gasteiger partial charge >= 0.3 is 5.69 Å². The highest BCUT2D eigenvalue weighted by atomic mass is 16.3. The van der Waals surface area contributed by atoms with Crippen LogP contribution in [0.2, 0.25) is 0 Å². The van der Waals surface area contributed by atoms with Crippen molar-refractivity contribution in [3.05, 3.63) is 69.4 Å². The van der Waals surface area contributed by atoms with Crippen LogP contribution in [-0.4, -0.2) is 20.0 Å². The fourth-order valence-corrected chi connectivity index (χ4v) is 2.31. The Kier molecular flexibility index (Phi) is 4.64. The van der Waals surface area contributed by atoms with Gasteiger partial charge in [-0.2, -0.15) is 0 Å². The van der Waals surface area contributed by atoms with E-state index in [0.29, 0.717) is 5.69 Å². The van der Waals surface area contributed by atoms with Crippen molar-refractivity contribution in [1.82, 2.24) is 9.13 Å². The molecule has 0 saturated heterocycles. The Labute approximate surface area is 132 Å². The molecule has 0 fully saturated rings. The van der Waals surface area contributed by atoms with Crippen LogP contribution in [0.15, 0.2) is 52.6 Å². The van der Waals surface area contributed by atoms with Crippen LogP contribution in [0.4, 0.5) is 0 Å². The number of carbonyl (C=O) groups excluding carboxylic acids is 1. The Hall–Kier alpha value is -2.89. The van der Waals surface area contributed by atoms with Gasteiger partial charge in [-0.25, -0.2) is 9.36 Å². The Bertz CT molecular complexity index is 863. The lowest BCUT2D eigenvalue weighted by molar-refractivity contribution is 0.0981. The highest BCUT2D eigenvalue weighted by Crippen LogP contribution is 2.19. The van der Waals surface area contributed by atoms with Crippen LogP contribution in [-0.2, 0) is 0 Å². The number of ketones is 1. The SMILES string of the molecule is C=CC(C)n1c(O)c(C(=O)CC)c(=O)n(-c2ccccc2)c1=O. The van der Waals surface area contributed by atoms with Crippen LogP contribution in [0.25, 0.3) is 5.69 Å². The lowest BCUT2D eigenvalue weighted by Gasteiger charge is -2.18. The third-order valence-electron chi connectivity index (χ3n) is 3.63. The van der Waals surface area contributed by atoms with Crippen LogP contribution in [0.5, 0.6) is 5.88 Å². The van der Waals surface area contributed by atoms with Gasteiger partial charge in [-0.15, -0.1) is 6.58 Å². The molecule has 0 saturated carbocycles. The van der Waals surface area contributed by atoms with Crippen LogP contribution in [0.3, 0.4) is 0 Å². The number of hydrogen-bond donors (Lipinski definition) is 1. The average molecular weight is 314 g/mol. The summed E-state index contributed by atoms with van der Waals surface area (Å²) in [7, 11) is 0. The van der Waals surface area contributed by atoms with Gasteiger partial charge in [-0.05, 0) is 19.1 Å². The minimum atomic E-state index is -0.821. The molecule has 1 atom stereocenters. The number of aromatic hydroxyl groups is 1. The summed E-state index contributed by atoms with van der Waals surface area (Å²) in [6.07, 6.45) is 1.49. The molecule has 1 unspecified atom stereocenters. The van der Waals surface area contributed by atoms with E-state index < -0.39 is 29.0 Å². The molecule has 23 heavy (non-hydrogen) atoms. The highest BCUT2D eigenvalue weighted by molar-refractivity contribution is 5.97. The minimum absolute atomic E-state index is 0.0399. The van der Waals surface area contributed by atoms with Gasteiger partial charge in [0.15, 0.2) is 5.78 Å². The molecule has 1 heterocycles. The van der Waals surface area contributed by atoms with E-state index in [1.165, 1.54) is 6.08 Å². The van der Waals surface area contributed by atoms with E-state index in [4.69, 9.17) is 0 Å². The number of para-hydroxylation sites is 1. The van der Waals surface area contributed by atoms with Gasteiger partial charge in [0.2, 0.25) is 5.88 Å². The number of aromatic nitrogens is 2. The summed E-state index contributed by atoms with van der Waals surface area (Å²) in [4.78, 5) is 37.4. The molecule has 2 aromatic rings. The average Bonchev–Trinajstić information content (AvgIpc) is 2.55. The lowest BCUT2D eigenvalue weighted by atomic mass is 10.1. The van der Waals surface area contributed by atoms with Crippen molar-refractivity contribution < 1.29 is 9.90 Å². The number of allylic oxidation sites excluding steroid dienone is 1. The predicted octanol–water partition coefficient (Wildman–Crippen LogP) is 2.04. The fraction of sp³-hybridized carbons (Fsp3) is 0.235. The number of Topliss-reactive ketones (excluding diaryl/α,β-unsaturated/α-hetero) is 1. The minimum Gasteiger partial charge on any atom is -0.494 e. The van der Waals surface area contributed by atoms with Gasteiger partial charge < -0.3 is 5.11 Å². The molecule has 0 bridgehead atoms. The molecule has 0 aliphatic rings. The van der Waals surface area contributed by atoms with Gasteiger partial charge in [0.1, 0.15) is 5.56 Å². The smallest absolute Gasteiger partial charge is 0.339 e. The molecule has 6 nitrogen and oxygen atoms in total. The summed E-state index contributed by atoms with van der Waals surface area (Å²) in [5, 5.41) is 10.3. The molecular formula is C17H18N2O4. The molecule has 0 amide bonds. The number of benzene rings is 1. The fourth-order valence-electron chi connectivity index (χ4n) is 2.31. The Morgan fingerprint density at radius 3 is 2.43 bits per heavy atom. The Morgan fingerprint density at radius 2 is 1.91 bits per heavy atom. The standard InChI is InChI=1S/C17H18N2O4/c1-4-11(3)18-15(21)14(13(20)5-2)16(22)19(17(18)23)12-9-7-6-8-10-12/h4,6-11,21H,1,5H2,2-3H3. The molecular weight excluding hydrogens is 296 g/mol. The summed E-state index contributed by atoms with van der Waals surface area (Å²) in [5.74, 6) is -1.14. The summed E-state index contributed by atoms with van der Waals surface area (Å²) >= 11 is 0. The number of hydrogen-bond acceptors (Lipinski definition) is 4. The van der Waals surface area contributed by atoms with E-state index in [-0.39, 0.29) is 12.0 Å². The van der Waals surface area contributed by atoms with Crippen molar-refractivity contribution >= 4 is 5.78 Å². The molecule has 0 aliphatic heterocycles. The molecule has 0 aliphatic carbocycles. The van der Waals surface area contributed by atoms with E-state index in [1.807, 2.05) is 0 Å². The van der Waals surface area contributed by atoms with E-state index >= 15 is 0 Å². The third-order valence-corrected chi connectivity index (χ3v) is 3.63. The highest BCUT2D eigenvalue weighted by Gasteiger charge is 2.25. The second kappa shape index (κ2) is 6.48. The molecule has 0 spiro atoms. The summed E-state index contributed by atoms with van der Waals surface area (Å²) in [6.45, 7) is 6.81. The zero-order chi connectivity index (χ0) is 17.1. The molecule has 1 N–H and O–H groups in total. The predicted molar refractivity (Wildman–Crippen MR) is 87.5 cm³/mol. The number of rotatable bonds is 5. The van der Waals surface area contributed by atoms with Crippen molar-refractivity contribution in [2.75, 3.05) is 0 Å². The van der Waals surface area contributed by atoms with Crippen molar-refractivity contribution in [3.8, 4) is 11.6 Å². The van der Waals surface area contributed by atoms with E-state index in [0.717, 1.165) is 9.13 Å². The first kappa shape index (κ1) is 16.5. The molecule has 6 heteroatoms. The maximum Gasteiger partial charge on any atom is 0.339 e. The second-order valence-corrected chi connectivity index (χ2v) is 5.08. The van der Waals surface area contributed by atoms with Crippen molar-refractivity contribution in [2.24, 2.45) is 0 Å². The maximum atomic E-state index is 12.7. The van der Waals surface area contributed by atoms with Crippen molar-refractivity contribution in [1.29, 1.82) is 0 Å². The first-order valence-corrected chi connectivity index (χ1v) is 7.25. The summed E-state index contributed by atoms with van der Waals surface area (Å²) in [5.41, 5.74) is -1.60. The zero-order valence-electron chi connectivity index (χ0n) is 13.0. The van der Waals surface area contributed by atoms with Crippen LogP contribution in [0.1, 0.15) is 36.7 Å². The Balaban J connectivity index is 2.98. The number of nitrogens with zero attached hydrogens (tertiary/aromatic N) is 2. The van der Waals surface area contributed by atoms with Crippen LogP contribution in [0, 0.1) is 0 Å². The summed E-state index contributed by atoms with van der Waals surface area (Å²) < 4.78 is 1.88. The Morgan fingerprint density at radius 1 is 1.30 bits per heavy atom. The third kappa shape index (κ3) is 2.75. The lowest BCUT2D eigenvalue weighted by Crippen LogP contribution is -2.42. The first-order valence-electron chi connectivity index (χ1n) is 7.25. The molecule has 2 rings (SSSR count). The maximum absolute atomic E-state index is 12.7. The van der Waals surface area contributed by atoms with Gasteiger partial charge in [-0.3, -0.25) is 14.2 Å². The van der Waals surface area contributed by atoms with Gasteiger partial charge in [-0.1, -0.05) is 31.2 Å². The van der Waals surface area contributed by atoms with Crippen LogP contribution < -0.4 is 11.2 Å². The monoisotopic (exact) mass is 314 g/mol. The van der Waals surface area contributed by atoms with Gasteiger partial charge in [0, 0.05) is 6.42 Å². The van der Waals surface area contributed by atoms with Crippen molar-refractivity contribution in [3.63, 3.8) is 0 Å². The normalized spacial score (nSPS) is 11.9. The van der Waals surface area contributed by atoms with Gasteiger partial charge in [0.25, 0.3) is 5.56 Å². The van der Waals surface area contributed by atoms with E-state index in [2.05, 4.69) is 6.58 Å². The first-order chi connectivity index (χ1) is 10.9. The number of carbonyl (C=O) groups is 1.